The van der Waals surface area contributed by atoms with Gasteiger partial charge in [0.05, 0.1) is 14.8 Å². The van der Waals surface area contributed by atoms with Gasteiger partial charge in [-0.3, -0.25) is 4.79 Å². The van der Waals surface area contributed by atoms with E-state index in [4.69, 9.17) is 5.11 Å². The van der Waals surface area contributed by atoms with E-state index in [-0.39, 0.29) is 12.0 Å². The summed E-state index contributed by atoms with van der Waals surface area (Å²) >= 11 is 4.85. The van der Waals surface area contributed by atoms with Gasteiger partial charge in [-0.1, -0.05) is 0 Å². The fourth-order valence-electron chi connectivity index (χ4n) is 1.24. The van der Waals surface area contributed by atoms with Crippen LogP contribution in [0.1, 0.15) is 28.6 Å². The Balaban J connectivity index is 2.63. The minimum Gasteiger partial charge on any atom is -0.393 e. The standard InChI is InChI=1S/C11H16BrNO2S/c1-7-6-9(16-10(7)12)11(15)13(3)5-4-8(2)14/h6,8,14H,4-5H2,1-3H3. The van der Waals surface area contributed by atoms with Crippen LogP contribution in [0.3, 0.4) is 0 Å². The number of hydrogen-bond acceptors (Lipinski definition) is 3. The lowest BCUT2D eigenvalue weighted by molar-refractivity contribution is 0.0773. The maximum atomic E-state index is 12.0. The van der Waals surface area contributed by atoms with Gasteiger partial charge in [0.15, 0.2) is 0 Å². The van der Waals surface area contributed by atoms with Crippen molar-refractivity contribution in [2.45, 2.75) is 26.4 Å². The number of aryl methyl sites for hydroxylation is 1. The molecule has 90 valence electrons. The summed E-state index contributed by atoms with van der Waals surface area (Å²) in [6.45, 7) is 4.27. The zero-order chi connectivity index (χ0) is 12.3. The van der Waals surface area contributed by atoms with Crippen molar-refractivity contribution in [3.63, 3.8) is 0 Å². The van der Waals surface area contributed by atoms with E-state index in [1.165, 1.54) is 11.3 Å². The molecule has 0 bridgehead atoms. The Kier molecular flexibility index (Phi) is 4.95. The van der Waals surface area contributed by atoms with Gasteiger partial charge in [0.25, 0.3) is 5.91 Å². The molecule has 0 saturated carbocycles. The molecule has 0 fully saturated rings. The third-order valence-corrected chi connectivity index (χ3v) is 4.42. The first kappa shape index (κ1) is 13.7. The van der Waals surface area contributed by atoms with Crippen LogP contribution in [-0.4, -0.2) is 35.6 Å². The van der Waals surface area contributed by atoms with E-state index < -0.39 is 0 Å². The van der Waals surface area contributed by atoms with Gasteiger partial charge in [-0.15, -0.1) is 11.3 Å². The molecule has 0 aliphatic carbocycles. The number of hydrogen-bond donors (Lipinski definition) is 1. The van der Waals surface area contributed by atoms with E-state index in [2.05, 4.69) is 15.9 Å². The maximum absolute atomic E-state index is 12.0. The lowest BCUT2D eigenvalue weighted by atomic mass is 10.2. The Morgan fingerprint density at radius 1 is 1.69 bits per heavy atom. The van der Waals surface area contributed by atoms with Crippen molar-refractivity contribution in [3.8, 4) is 0 Å². The molecular formula is C11H16BrNO2S. The van der Waals surface area contributed by atoms with Gasteiger partial charge in [-0.05, 0) is 47.8 Å². The molecule has 5 heteroatoms. The van der Waals surface area contributed by atoms with Crippen LogP contribution in [0.15, 0.2) is 9.85 Å². The van der Waals surface area contributed by atoms with Crippen molar-refractivity contribution >= 4 is 33.2 Å². The first-order valence-electron chi connectivity index (χ1n) is 5.11. The van der Waals surface area contributed by atoms with Gasteiger partial charge in [-0.2, -0.15) is 0 Å². The van der Waals surface area contributed by atoms with Gasteiger partial charge in [0.2, 0.25) is 0 Å². The van der Waals surface area contributed by atoms with Crippen LogP contribution in [-0.2, 0) is 0 Å². The fourth-order valence-corrected chi connectivity index (χ4v) is 2.76. The predicted molar refractivity (Wildman–Crippen MR) is 70.0 cm³/mol. The molecule has 1 amide bonds. The van der Waals surface area contributed by atoms with Crippen LogP contribution < -0.4 is 0 Å². The molecule has 0 aliphatic rings. The number of aliphatic hydroxyl groups excluding tert-OH is 1. The number of halogens is 1. The second kappa shape index (κ2) is 5.80. The monoisotopic (exact) mass is 305 g/mol. The molecule has 0 spiro atoms. The normalized spacial score (nSPS) is 12.6. The summed E-state index contributed by atoms with van der Waals surface area (Å²) in [5.41, 5.74) is 1.08. The number of carbonyl (C=O) groups is 1. The minimum atomic E-state index is -0.368. The van der Waals surface area contributed by atoms with Crippen molar-refractivity contribution < 1.29 is 9.90 Å². The molecule has 16 heavy (non-hydrogen) atoms. The number of carbonyl (C=O) groups excluding carboxylic acids is 1. The van der Waals surface area contributed by atoms with Crippen molar-refractivity contribution in [2.24, 2.45) is 0 Å². The topological polar surface area (TPSA) is 40.5 Å². The number of thiophene rings is 1. The van der Waals surface area contributed by atoms with Crippen LogP contribution in [0.5, 0.6) is 0 Å². The molecule has 1 N–H and O–H groups in total. The molecule has 1 aromatic heterocycles. The Morgan fingerprint density at radius 3 is 2.75 bits per heavy atom. The summed E-state index contributed by atoms with van der Waals surface area (Å²) in [7, 11) is 1.76. The second-order valence-electron chi connectivity index (χ2n) is 3.93. The van der Waals surface area contributed by atoms with Gasteiger partial charge in [-0.25, -0.2) is 0 Å². The Bertz CT molecular complexity index is 357. The third-order valence-electron chi connectivity index (χ3n) is 2.30. The molecular weight excluding hydrogens is 290 g/mol. The zero-order valence-electron chi connectivity index (χ0n) is 9.66. The molecule has 0 aromatic carbocycles. The van der Waals surface area contributed by atoms with E-state index in [0.29, 0.717) is 13.0 Å². The van der Waals surface area contributed by atoms with E-state index in [0.717, 1.165) is 14.2 Å². The summed E-state index contributed by atoms with van der Waals surface area (Å²) in [4.78, 5) is 14.3. The average molecular weight is 306 g/mol. The maximum Gasteiger partial charge on any atom is 0.263 e. The third kappa shape index (κ3) is 3.57. The van der Waals surface area contributed by atoms with Crippen LogP contribution in [0, 0.1) is 6.92 Å². The number of nitrogens with zero attached hydrogens (tertiary/aromatic N) is 1. The molecule has 0 aliphatic heterocycles. The quantitative estimate of drug-likeness (QED) is 0.929. The van der Waals surface area contributed by atoms with E-state index in [1.54, 1.807) is 18.9 Å². The van der Waals surface area contributed by atoms with Gasteiger partial charge in [0, 0.05) is 13.6 Å². The van der Waals surface area contributed by atoms with Crippen molar-refractivity contribution in [1.82, 2.24) is 4.90 Å². The summed E-state index contributed by atoms with van der Waals surface area (Å²) in [5.74, 6) is 0.0134. The highest BCUT2D eigenvalue weighted by Crippen LogP contribution is 2.28. The molecule has 1 rings (SSSR count). The van der Waals surface area contributed by atoms with Crippen LogP contribution in [0.25, 0.3) is 0 Å². The fraction of sp³-hybridized carbons (Fsp3) is 0.545. The minimum absolute atomic E-state index is 0.0134. The summed E-state index contributed by atoms with van der Waals surface area (Å²) < 4.78 is 1.000. The largest absolute Gasteiger partial charge is 0.393 e. The second-order valence-corrected chi connectivity index (χ2v) is 6.30. The highest BCUT2D eigenvalue weighted by molar-refractivity contribution is 9.11. The van der Waals surface area contributed by atoms with Crippen molar-refractivity contribution in [3.05, 3.63) is 20.3 Å². The first-order valence-corrected chi connectivity index (χ1v) is 6.72. The molecule has 1 atom stereocenters. The molecule has 3 nitrogen and oxygen atoms in total. The van der Waals surface area contributed by atoms with Crippen molar-refractivity contribution in [1.29, 1.82) is 0 Å². The lowest BCUT2D eigenvalue weighted by Gasteiger charge is -2.16. The zero-order valence-corrected chi connectivity index (χ0v) is 12.1. The highest BCUT2D eigenvalue weighted by Gasteiger charge is 2.15. The average Bonchev–Trinajstić information content (AvgIpc) is 2.54. The highest BCUT2D eigenvalue weighted by atomic mass is 79.9. The van der Waals surface area contributed by atoms with Crippen LogP contribution in [0.2, 0.25) is 0 Å². The number of aliphatic hydroxyl groups is 1. The SMILES string of the molecule is Cc1cc(C(=O)N(C)CCC(C)O)sc1Br. The first-order chi connectivity index (χ1) is 7.41. The lowest BCUT2D eigenvalue weighted by Crippen LogP contribution is -2.28. The summed E-state index contributed by atoms with van der Waals surface area (Å²) in [5, 5.41) is 9.16. The van der Waals surface area contributed by atoms with E-state index in [9.17, 15) is 4.79 Å². The summed E-state index contributed by atoms with van der Waals surface area (Å²) in [6.07, 6.45) is 0.236. The van der Waals surface area contributed by atoms with Crippen molar-refractivity contribution in [2.75, 3.05) is 13.6 Å². The van der Waals surface area contributed by atoms with Crippen LogP contribution in [0.4, 0.5) is 0 Å². The van der Waals surface area contributed by atoms with E-state index >= 15 is 0 Å². The Hall–Kier alpha value is -0.390. The van der Waals surface area contributed by atoms with Gasteiger partial charge < -0.3 is 10.0 Å². The molecule has 0 radical (unpaired) electrons. The van der Waals surface area contributed by atoms with Gasteiger partial charge >= 0.3 is 0 Å². The molecule has 1 aromatic rings. The van der Waals surface area contributed by atoms with Gasteiger partial charge in [0.1, 0.15) is 0 Å². The van der Waals surface area contributed by atoms with Crippen LogP contribution >= 0.6 is 27.3 Å². The Labute approximate surface area is 108 Å². The van der Waals surface area contributed by atoms with E-state index in [1.807, 2.05) is 13.0 Å². The molecule has 1 unspecified atom stereocenters. The molecule has 1 heterocycles. The predicted octanol–water partition coefficient (Wildman–Crippen LogP) is 2.66. The number of amides is 1. The Morgan fingerprint density at radius 2 is 2.31 bits per heavy atom. The summed E-state index contributed by atoms with van der Waals surface area (Å²) in [6, 6.07) is 1.88. The number of rotatable bonds is 4. The molecule has 0 saturated heterocycles. The smallest absolute Gasteiger partial charge is 0.263 e.